The highest BCUT2D eigenvalue weighted by Crippen LogP contribution is 2.50. The molecule has 524 valence electrons. The third kappa shape index (κ3) is 18.0. The lowest BCUT2D eigenvalue weighted by molar-refractivity contribution is -0.926. The number of esters is 1. The number of ketones is 1. The molecular weight excluding hydrogens is 1330 g/mol. The number of aromatic nitrogens is 4. The minimum Gasteiger partial charge on any atom is -0.496 e. The van der Waals surface area contributed by atoms with Gasteiger partial charge in [-0.3, -0.25) is 23.8 Å². The summed E-state index contributed by atoms with van der Waals surface area (Å²) in [5.74, 6) is -1.24. The lowest BCUT2D eigenvalue weighted by atomic mass is 9.76. The van der Waals surface area contributed by atoms with Gasteiger partial charge in [0.15, 0.2) is 11.6 Å². The Bertz CT molecular complexity index is 4370. The van der Waals surface area contributed by atoms with E-state index in [1.807, 2.05) is 62.5 Å². The van der Waals surface area contributed by atoms with E-state index in [0.717, 1.165) is 11.6 Å². The van der Waals surface area contributed by atoms with Gasteiger partial charge in [-0.2, -0.15) is 8.42 Å². The summed E-state index contributed by atoms with van der Waals surface area (Å²) in [6.07, 6.45) is 2.06. The summed E-state index contributed by atoms with van der Waals surface area (Å²) < 4.78 is 81.9. The zero-order chi connectivity index (χ0) is 71.3. The predicted molar refractivity (Wildman–Crippen MR) is 374 cm³/mol. The molecular formula is C71H82ClFN11O13S2+. The topological polar surface area (TPSA) is 329 Å². The molecule has 8 aromatic rings. The van der Waals surface area contributed by atoms with Crippen LogP contribution in [0.4, 0.5) is 14.9 Å². The smallest absolute Gasteiger partial charge is 0.347 e. The number of carbonyl (C=O) groups excluding carboxylic acids is 5. The first-order chi connectivity index (χ1) is 47.2. The second-order valence-electron chi connectivity index (χ2n) is 25.0. The van der Waals surface area contributed by atoms with Crippen molar-refractivity contribution in [1.29, 1.82) is 0 Å². The molecule has 4 heterocycles. The Labute approximate surface area is 583 Å². The van der Waals surface area contributed by atoms with Gasteiger partial charge in [0.1, 0.15) is 70.3 Å². The number of thiophene rings is 1. The molecule has 3 aromatic heterocycles. The lowest BCUT2D eigenvalue weighted by Crippen LogP contribution is -2.57. The quantitative estimate of drug-likeness (QED) is 0.00773. The number of urea groups is 1. The number of benzene rings is 5. The Balaban J connectivity index is 0.875. The highest BCUT2D eigenvalue weighted by Gasteiger charge is 2.44. The van der Waals surface area contributed by atoms with Crippen LogP contribution in [0.1, 0.15) is 69.3 Å². The van der Waals surface area contributed by atoms with Crippen molar-refractivity contribution in [3.8, 4) is 56.1 Å². The van der Waals surface area contributed by atoms with Crippen LogP contribution < -0.4 is 46.4 Å². The number of methoxy groups -OCH3 is 2. The molecule has 0 saturated carbocycles. The van der Waals surface area contributed by atoms with Gasteiger partial charge in [0, 0.05) is 60.5 Å². The van der Waals surface area contributed by atoms with Crippen LogP contribution in [-0.2, 0) is 53.6 Å². The van der Waals surface area contributed by atoms with Gasteiger partial charge < -0.3 is 55.6 Å². The number of rotatable bonds is 31. The van der Waals surface area contributed by atoms with Gasteiger partial charge in [0.25, 0.3) is 10.1 Å². The van der Waals surface area contributed by atoms with Crippen molar-refractivity contribution in [2.75, 3.05) is 72.5 Å². The monoisotopic (exact) mass is 1410 g/mol. The summed E-state index contributed by atoms with van der Waals surface area (Å²) >= 11 is 8.59. The number of nitrogens with one attached hydrogen (secondary N) is 3. The number of Topliss-reactive ketones (excluding diaryl/α,β-unsaturated/α-hetero) is 1. The number of fused-ring (bicyclic) bond motifs is 1. The number of halogens is 2. The maximum atomic E-state index is 14.5. The fourth-order valence-corrected chi connectivity index (χ4v) is 13.8. The number of nitrogens with two attached hydrogens (primary N) is 2. The van der Waals surface area contributed by atoms with Gasteiger partial charge in [0.05, 0.1) is 62.1 Å². The van der Waals surface area contributed by atoms with Crippen molar-refractivity contribution in [2.24, 2.45) is 22.8 Å². The molecule has 0 radical (unpaired) electrons. The first-order valence-corrected chi connectivity index (χ1v) is 34.9. The van der Waals surface area contributed by atoms with E-state index in [0.29, 0.717) is 119 Å². The van der Waals surface area contributed by atoms with E-state index in [1.54, 1.807) is 64.4 Å². The molecule has 28 heteroatoms. The van der Waals surface area contributed by atoms with E-state index in [9.17, 15) is 41.3 Å². The van der Waals surface area contributed by atoms with Crippen LogP contribution in [0.5, 0.6) is 23.1 Å². The van der Waals surface area contributed by atoms with Crippen molar-refractivity contribution in [2.45, 2.75) is 96.5 Å². The largest absolute Gasteiger partial charge is 0.496 e. The summed E-state index contributed by atoms with van der Waals surface area (Å²) in [6.45, 7) is 12.0. The molecule has 1 fully saturated rings. The van der Waals surface area contributed by atoms with Crippen molar-refractivity contribution in [1.82, 2.24) is 35.5 Å². The summed E-state index contributed by atoms with van der Waals surface area (Å²) in [6, 6.07) is 27.4. The van der Waals surface area contributed by atoms with E-state index in [4.69, 9.17) is 51.7 Å². The normalized spacial score (nSPS) is 14.7. The molecule has 8 N–H and O–H groups in total. The average Bonchev–Trinajstić information content (AvgIpc) is 1.61. The van der Waals surface area contributed by atoms with Gasteiger partial charge >= 0.3 is 12.0 Å². The second kappa shape index (κ2) is 32.6. The maximum absolute atomic E-state index is 14.5. The summed E-state index contributed by atoms with van der Waals surface area (Å²) in [5.41, 5.74) is 14.8. The molecule has 0 spiro atoms. The molecule has 4 atom stereocenters. The molecule has 1 saturated heterocycles. The van der Waals surface area contributed by atoms with Crippen molar-refractivity contribution >= 4 is 78.6 Å². The standard InChI is InChI=1S/C71H81ClFN11O13S2/c1-9-71(5,63(85)61(74)42(2)3)69(88)82-52(17-14-29-77-70(75)89)65(86)81-48-25-22-46(57(38-48)99(90,91)92)39-84(6)34-31-83(32-35-84)33-36-95-55-27-26-50(43(4)60(55)72)58-59-66(78-41-79-67(59)98-62(58)44-20-23-47(73)24-21-44)97-56(68(87)94-8)37-45-15-10-12-18-53(45)96-40-49-28-30-76-64(80-49)51-16-11-13-19-54(51)93-7/h10-13,15-16,18-28,30,38,41-42,52,56,61H,9,14,17,29,31-37,39-40,74H2,1-8H3,(H5-,75,77,81,82,86,88,89,90,91,92)/p+1/t52-,56+,61?,71-/m0/s1. The van der Waals surface area contributed by atoms with Gasteiger partial charge in [-0.25, -0.2) is 33.9 Å². The van der Waals surface area contributed by atoms with Gasteiger partial charge in [-0.15, -0.1) is 11.3 Å². The number of nitrogens with zero attached hydrogens (tertiary/aromatic N) is 6. The summed E-state index contributed by atoms with van der Waals surface area (Å²) in [5, 5.41) is 8.61. The number of ether oxygens (including phenoxy) is 5. The Morgan fingerprint density at radius 3 is 2.29 bits per heavy atom. The van der Waals surface area contributed by atoms with Crippen LogP contribution in [0.25, 0.3) is 43.2 Å². The molecule has 1 unspecified atom stereocenters. The predicted octanol–water partition coefficient (Wildman–Crippen LogP) is 9.76. The zero-order valence-corrected chi connectivity index (χ0v) is 58.7. The Morgan fingerprint density at radius 1 is 0.889 bits per heavy atom. The number of amides is 4. The minimum absolute atomic E-state index is 0.00207. The molecule has 5 aromatic carbocycles. The second-order valence-corrected chi connectivity index (χ2v) is 27.8. The number of carbonyl (C=O) groups is 5. The number of quaternary nitrogens is 1. The Kier molecular flexibility index (Phi) is 24.4. The number of primary amides is 1. The first kappa shape index (κ1) is 74.0. The highest BCUT2D eigenvalue weighted by atomic mass is 35.5. The number of piperazine rings is 1. The fraction of sp³-hybridized carbons (Fsp3) is 0.366. The van der Waals surface area contributed by atoms with Crippen molar-refractivity contribution in [3.63, 3.8) is 0 Å². The van der Waals surface area contributed by atoms with Crippen molar-refractivity contribution < 1.29 is 69.5 Å². The van der Waals surface area contributed by atoms with E-state index >= 15 is 0 Å². The number of anilines is 1. The minimum atomic E-state index is -4.83. The molecule has 99 heavy (non-hydrogen) atoms. The fourth-order valence-electron chi connectivity index (χ4n) is 11.7. The SMILES string of the molecule is CC[C@](C)(C(=O)N[C@@H](CCCNC(N)=O)C(=O)Nc1ccc(C[N+]2(C)CCN(CCOc3ccc(-c4c(-c5ccc(F)cc5)sc5ncnc(O[C@H](Cc6ccccc6OCc6ccnc(-c7ccccc7OC)n6)C(=O)OC)c45)c(C)c3Cl)CC2)c(S(=O)(=O)O)c1)C(=O)C(N)C(C)C. The molecule has 0 aliphatic carbocycles. The average molecular weight is 1420 g/mol. The molecule has 4 amide bonds. The van der Waals surface area contributed by atoms with Crippen LogP contribution in [0.3, 0.4) is 0 Å². The molecule has 24 nitrogen and oxygen atoms in total. The number of hydrogen-bond donors (Lipinski definition) is 6. The molecule has 1 aliphatic rings. The Morgan fingerprint density at radius 2 is 1.61 bits per heavy atom. The summed E-state index contributed by atoms with van der Waals surface area (Å²) in [4.78, 5) is 88.0. The first-order valence-electron chi connectivity index (χ1n) is 32.2. The van der Waals surface area contributed by atoms with Crippen LogP contribution in [0.2, 0.25) is 5.02 Å². The van der Waals surface area contributed by atoms with E-state index in [2.05, 4.69) is 35.8 Å². The molecule has 9 rings (SSSR count). The maximum Gasteiger partial charge on any atom is 0.347 e. The van der Waals surface area contributed by atoms with E-state index < -0.39 is 74.0 Å². The zero-order valence-electron chi connectivity index (χ0n) is 56.3. The van der Waals surface area contributed by atoms with Crippen LogP contribution >= 0.6 is 22.9 Å². The number of para-hydroxylation sites is 2. The Hall–Kier alpha value is -9.22. The van der Waals surface area contributed by atoms with E-state index in [1.165, 1.54) is 56.0 Å². The van der Waals surface area contributed by atoms with Crippen LogP contribution in [-0.4, -0.2) is 157 Å². The number of hydrogen-bond acceptors (Lipinski definition) is 19. The lowest BCUT2D eigenvalue weighted by Gasteiger charge is -2.42. The van der Waals surface area contributed by atoms with Crippen LogP contribution in [0.15, 0.2) is 127 Å². The number of likely N-dealkylation sites (N-methyl/N-ethyl adjacent to an activating group) is 1. The third-order valence-electron chi connectivity index (χ3n) is 17.8. The third-order valence-corrected chi connectivity index (χ3v) is 20.4. The van der Waals surface area contributed by atoms with Gasteiger partial charge in [-0.05, 0) is 122 Å². The van der Waals surface area contributed by atoms with E-state index in [-0.39, 0.29) is 69.5 Å². The highest BCUT2D eigenvalue weighted by molar-refractivity contribution is 7.85. The molecule has 1 aliphatic heterocycles. The molecule has 0 bridgehead atoms. The summed E-state index contributed by atoms with van der Waals surface area (Å²) in [7, 11) is 0.0131. The van der Waals surface area contributed by atoms with Crippen molar-refractivity contribution in [3.05, 3.63) is 155 Å². The van der Waals surface area contributed by atoms with Gasteiger partial charge in [-0.1, -0.05) is 80.9 Å². The van der Waals surface area contributed by atoms with Gasteiger partial charge in [0.2, 0.25) is 23.8 Å². The van der Waals surface area contributed by atoms with Crippen LogP contribution in [0, 0.1) is 24.1 Å².